The van der Waals surface area contributed by atoms with Gasteiger partial charge in [-0.05, 0) is 35.7 Å². The lowest BCUT2D eigenvalue weighted by atomic mass is 10.1. The summed E-state index contributed by atoms with van der Waals surface area (Å²) >= 11 is 1.68. The zero-order chi connectivity index (χ0) is 12.4. The van der Waals surface area contributed by atoms with E-state index in [1.54, 1.807) is 17.5 Å². The van der Waals surface area contributed by atoms with Crippen molar-refractivity contribution in [2.24, 2.45) is 0 Å². The maximum Gasteiger partial charge on any atom is 0.183 e. The van der Waals surface area contributed by atoms with Crippen LogP contribution >= 0.6 is 11.3 Å². The van der Waals surface area contributed by atoms with Gasteiger partial charge in [-0.2, -0.15) is 0 Å². The first-order valence-electron chi connectivity index (χ1n) is 5.81. The quantitative estimate of drug-likeness (QED) is 0.780. The lowest BCUT2D eigenvalue weighted by molar-refractivity contribution is 1.15. The highest BCUT2D eigenvalue weighted by Gasteiger charge is 2.04. The minimum Gasteiger partial charge on any atom is -0.365 e. The van der Waals surface area contributed by atoms with Crippen LogP contribution in [-0.2, 0) is 6.42 Å². The molecule has 3 nitrogen and oxygen atoms in total. The van der Waals surface area contributed by atoms with Gasteiger partial charge in [0.1, 0.15) is 0 Å². The van der Waals surface area contributed by atoms with Crippen molar-refractivity contribution < 1.29 is 0 Å². The lowest BCUT2D eigenvalue weighted by Gasteiger charge is -2.00. The third kappa shape index (κ3) is 2.19. The number of anilines is 1. The van der Waals surface area contributed by atoms with E-state index in [4.69, 9.17) is 0 Å². The van der Waals surface area contributed by atoms with E-state index in [9.17, 15) is 0 Å². The summed E-state index contributed by atoms with van der Waals surface area (Å²) in [5.41, 5.74) is 3.58. The highest BCUT2D eigenvalue weighted by atomic mass is 32.1. The van der Waals surface area contributed by atoms with Crippen LogP contribution in [0.25, 0.3) is 10.2 Å². The van der Waals surface area contributed by atoms with Gasteiger partial charge in [0, 0.05) is 19.4 Å². The molecule has 3 aromatic rings. The molecule has 0 bridgehead atoms. The van der Waals surface area contributed by atoms with E-state index < -0.39 is 0 Å². The second-order valence-electron chi connectivity index (χ2n) is 4.11. The Morgan fingerprint density at radius 3 is 2.94 bits per heavy atom. The molecule has 0 amide bonds. The SMILES string of the molecule is CNc1nc2ccc(Cc3cccnc3)cc2s1. The second-order valence-corrected chi connectivity index (χ2v) is 5.14. The van der Waals surface area contributed by atoms with Gasteiger partial charge in [0.2, 0.25) is 0 Å². The van der Waals surface area contributed by atoms with Crippen LogP contribution in [0.15, 0.2) is 42.7 Å². The molecule has 0 fully saturated rings. The van der Waals surface area contributed by atoms with Crippen molar-refractivity contribution in [3.63, 3.8) is 0 Å². The number of nitrogens with one attached hydrogen (secondary N) is 1. The number of benzene rings is 1. The van der Waals surface area contributed by atoms with E-state index in [2.05, 4.69) is 39.6 Å². The topological polar surface area (TPSA) is 37.8 Å². The minimum atomic E-state index is 0.913. The maximum atomic E-state index is 4.47. The van der Waals surface area contributed by atoms with Gasteiger partial charge in [-0.25, -0.2) is 4.98 Å². The van der Waals surface area contributed by atoms with Crippen molar-refractivity contribution in [2.75, 3.05) is 12.4 Å². The molecule has 3 rings (SSSR count). The predicted octanol–water partition coefficient (Wildman–Crippen LogP) is 3.32. The number of rotatable bonds is 3. The van der Waals surface area contributed by atoms with Crippen molar-refractivity contribution in [3.05, 3.63) is 53.9 Å². The third-order valence-corrected chi connectivity index (χ3v) is 3.83. The normalized spacial score (nSPS) is 10.7. The fourth-order valence-corrected chi connectivity index (χ4v) is 2.81. The van der Waals surface area contributed by atoms with Gasteiger partial charge in [-0.15, -0.1) is 0 Å². The molecular formula is C14H13N3S. The van der Waals surface area contributed by atoms with Crippen LogP contribution in [0.4, 0.5) is 5.13 Å². The minimum absolute atomic E-state index is 0.913. The van der Waals surface area contributed by atoms with Crippen molar-refractivity contribution in [3.8, 4) is 0 Å². The first-order valence-corrected chi connectivity index (χ1v) is 6.63. The van der Waals surface area contributed by atoms with Gasteiger partial charge in [0.05, 0.1) is 10.2 Å². The first kappa shape index (κ1) is 11.2. The average Bonchev–Trinajstić information content (AvgIpc) is 2.82. The van der Waals surface area contributed by atoms with Gasteiger partial charge >= 0.3 is 0 Å². The van der Waals surface area contributed by atoms with Crippen molar-refractivity contribution in [1.82, 2.24) is 9.97 Å². The summed E-state index contributed by atoms with van der Waals surface area (Å²) < 4.78 is 1.22. The number of hydrogen-bond donors (Lipinski definition) is 1. The average molecular weight is 255 g/mol. The Morgan fingerprint density at radius 2 is 2.17 bits per heavy atom. The molecule has 0 spiro atoms. The van der Waals surface area contributed by atoms with E-state index >= 15 is 0 Å². The number of aromatic nitrogens is 2. The molecule has 0 aliphatic carbocycles. The number of nitrogens with zero attached hydrogens (tertiary/aromatic N) is 2. The fourth-order valence-electron chi connectivity index (χ4n) is 1.92. The standard InChI is InChI=1S/C14H13N3S/c1-15-14-17-12-5-4-10(8-13(12)18-14)7-11-3-2-6-16-9-11/h2-6,8-9H,7H2,1H3,(H,15,17). The molecule has 0 unspecified atom stereocenters. The molecule has 0 atom stereocenters. The summed E-state index contributed by atoms with van der Waals surface area (Å²) in [7, 11) is 1.90. The zero-order valence-corrected chi connectivity index (χ0v) is 10.9. The molecule has 1 N–H and O–H groups in total. The molecule has 4 heteroatoms. The Morgan fingerprint density at radius 1 is 1.22 bits per heavy atom. The second kappa shape index (κ2) is 4.74. The Hall–Kier alpha value is -1.94. The van der Waals surface area contributed by atoms with E-state index in [1.807, 2.05) is 19.3 Å². The van der Waals surface area contributed by atoms with Crippen LogP contribution in [-0.4, -0.2) is 17.0 Å². The molecule has 18 heavy (non-hydrogen) atoms. The van der Waals surface area contributed by atoms with E-state index in [0.717, 1.165) is 17.1 Å². The third-order valence-electron chi connectivity index (χ3n) is 2.80. The largest absolute Gasteiger partial charge is 0.365 e. The maximum absolute atomic E-state index is 4.47. The lowest BCUT2D eigenvalue weighted by Crippen LogP contribution is -1.88. The Balaban J connectivity index is 1.93. The van der Waals surface area contributed by atoms with Crippen LogP contribution in [0.3, 0.4) is 0 Å². The Labute approximate surface area is 110 Å². The van der Waals surface area contributed by atoms with E-state index in [-0.39, 0.29) is 0 Å². The van der Waals surface area contributed by atoms with Crippen molar-refractivity contribution in [1.29, 1.82) is 0 Å². The van der Waals surface area contributed by atoms with Gasteiger partial charge in [0.15, 0.2) is 5.13 Å². The van der Waals surface area contributed by atoms with Crippen molar-refractivity contribution in [2.45, 2.75) is 6.42 Å². The highest BCUT2D eigenvalue weighted by molar-refractivity contribution is 7.22. The smallest absolute Gasteiger partial charge is 0.183 e. The summed E-state index contributed by atoms with van der Waals surface area (Å²) in [4.78, 5) is 8.62. The van der Waals surface area contributed by atoms with Crippen LogP contribution in [0, 0.1) is 0 Å². The Bertz CT molecular complexity index is 661. The molecule has 90 valence electrons. The summed E-state index contributed by atoms with van der Waals surface area (Å²) in [5, 5.41) is 4.04. The molecule has 1 aromatic carbocycles. The summed E-state index contributed by atoms with van der Waals surface area (Å²) in [6.45, 7) is 0. The molecule has 0 saturated heterocycles. The summed E-state index contributed by atoms with van der Waals surface area (Å²) in [5.74, 6) is 0. The molecular weight excluding hydrogens is 242 g/mol. The van der Waals surface area contributed by atoms with Crippen LogP contribution in [0.5, 0.6) is 0 Å². The number of fused-ring (bicyclic) bond motifs is 1. The molecule has 0 aliphatic heterocycles. The molecule has 2 aromatic heterocycles. The molecule has 2 heterocycles. The monoisotopic (exact) mass is 255 g/mol. The van der Waals surface area contributed by atoms with E-state index in [0.29, 0.717) is 0 Å². The molecule has 0 radical (unpaired) electrons. The van der Waals surface area contributed by atoms with Gasteiger partial charge < -0.3 is 5.32 Å². The van der Waals surface area contributed by atoms with Crippen molar-refractivity contribution >= 4 is 26.7 Å². The zero-order valence-electron chi connectivity index (χ0n) is 10.1. The highest BCUT2D eigenvalue weighted by Crippen LogP contribution is 2.27. The number of pyridine rings is 1. The summed E-state index contributed by atoms with van der Waals surface area (Å²) in [6, 6.07) is 10.5. The molecule has 0 saturated carbocycles. The number of hydrogen-bond acceptors (Lipinski definition) is 4. The van der Waals surface area contributed by atoms with Gasteiger partial charge in [-0.3, -0.25) is 4.98 Å². The fraction of sp³-hybridized carbons (Fsp3) is 0.143. The van der Waals surface area contributed by atoms with Crippen LogP contribution in [0.2, 0.25) is 0 Å². The first-order chi connectivity index (χ1) is 8.85. The molecule has 0 aliphatic rings. The van der Waals surface area contributed by atoms with Crippen LogP contribution in [0.1, 0.15) is 11.1 Å². The van der Waals surface area contributed by atoms with E-state index in [1.165, 1.54) is 15.8 Å². The Kier molecular flexibility index (Phi) is 2.94. The van der Waals surface area contributed by atoms with Gasteiger partial charge in [0.25, 0.3) is 0 Å². The van der Waals surface area contributed by atoms with Gasteiger partial charge in [-0.1, -0.05) is 23.5 Å². The number of thiazole rings is 1. The van der Waals surface area contributed by atoms with Crippen LogP contribution < -0.4 is 5.32 Å². The predicted molar refractivity (Wildman–Crippen MR) is 76.2 cm³/mol. The summed E-state index contributed by atoms with van der Waals surface area (Å²) in [6.07, 6.45) is 4.63.